The number of carbonyl (C=O) groups excluding carboxylic acids is 1. The van der Waals surface area contributed by atoms with Crippen molar-refractivity contribution in [2.75, 3.05) is 7.11 Å². The van der Waals surface area contributed by atoms with E-state index in [0.29, 0.717) is 17.8 Å². The molecule has 31 heavy (non-hydrogen) atoms. The summed E-state index contributed by atoms with van der Waals surface area (Å²) in [5.74, 6) is 2.89. The van der Waals surface area contributed by atoms with Gasteiger partial charge in [0.05, 0.1) is 18.1 Å². The third-order valence-corrected chi connectivity index (χ3v) is 6.53. The summed E-state index contributed by atoms with van der Waals surface area (Å²) < 4.78 is 13.3. The number of hydrogen-bond donors (Lipinski definition) is 0. The van der Waals surface area contributed by atoms with Crippen molar-refractivity contribution in [3.05, 3.63) is 48.5 Å². The van der Waals surface area contributed by atoms with Gasteiger partial charge in [-0.15, -0.1) is 0 Å². The van der Waals surface area contributed by atoms with Crippen molar-refractivity contribution in [1.82, 2.24) is 9.55 Å². The smallest absolute Gasteiger partial charge is 0.326 e. The Morgan fingerprint density at radius 3 is 2.58 bits per heavy atom. The molecule has 0 amide bonds. The van der Waals surface area contributed by atoms with Crippen LogP contribution in [0.5, 0.6) is 5.75 Å². The number of ether oxygens (including phenoxy) is 2. The van der Waals surface area contributed by atoms with Crippen LogP contribution in [0.3, 0.4) is 0 Å². The van der Waals surface area contributed by atoms with E-state index in [9.17, 15) is 4.79 Å². The van der Waals surface area contributed by atoms with Gasteiger partial charge in [0, 0.05) is 5.56 Å². The van der Waals surface area contributed by atoms with Crippen molar-refractivity contribution in [3.8, 4) is 17.1 Å². The standard InChI is InChI=1S/C26H32N2O3/c1-17(2)21-14-9-18(3)15-24(21)31-25(29)16-28-23-8-6-5-7-22(23)27-26(28)19-10-12-20(30-4)13-11-19/h5-8,10-13,17-18,21,24H,9,14-16H2,1-4H3/t18-,21+,24-/m1/s1. The van der Waals surface area contributed by atoms with E-state index in [4.69, 9.17) is 14.5 Å². The highest BCUT2D eigenvalue weighted by atomic mass is 16.5. The molecule has 0 N–H and O–H groups in total. The van der Waals surface area contributed by atoms with E-state index in [1.165, 1.54) is 6.42 Å². The number of nitrogens with zero attached hydrogens (tertiary/aromatic N) is 2. The Bertz CT molecular complexity index is 1040. The average molecular weight is 421 g/mol. The van der Waals surface area contributed by atoms with Gasteiger partial charge in [-0.1, -0.05) is 39.3 Å². The lowest BCUT2D eigenvalue weighted by molar-refractivity contribution is -0.156. The van der Waals surface area contributed by atoms with Crippen LogP contribution in [0.15, 0.2) is 48.5 Å². The molecule has 5 nitrogen and oxygen atoms in total. The number of fused-ring (bicyclic) bond motifs is 1. The van der Waals surface area contributed by atoms with E-state index in [-0.39, 0.29) is 18.6 Å². The monoisotopic (exact) mass is 420 g/mol. The van der Waals surface area contributed by atoms with Crippen molar-refractivity contribution in [2.24, 2.45) is 17.8 Å². The van der Waals surface area contributed by atoms with Crippen LogP contribution in [0.25, 0.3) is 22.4 Å². The van der Waals surface area contributed by atoms with E-state index >= 15 is 0 Å². The first-order valence-electron chi connectivity index (χ1n) is 11.3. The second-order valence-electron chi connectivity index (χ2n) is 9.09. The van der Waals surface area contributed by atoms with Crippen LogP contribution in [0.4, 0.5) is 0 Å². The number of rotatable bonds is 6. The molecule has 0 spiro atoms. The number of para-hydroxylation sites is 2. The minimum Gasteiger partial charge on any atom is -0.497 e. The number of carbonyl (C=O) groups is 1. The molecular weight excluding hydrogens is 388 g/mol. The quantitative estimate of drug-likeness (QED) is 0.479. The third kappa shape index (κ3) is 4.60. The van der Waals surface area contributed by atoms with Crippen LogP contribution < -0.4 is 4.74 Å². The normalized spacial score (nSPS) is 21.4. The molecule has 5 heteroatoms. The first-order valence-corrected chi connectivity index (χ1v) is 11.3. The molecule has 1 aliphatic carbocycles. The third-order valence-electron chi connectivity index (χ3n) is 6.53. The fraction of sp³-hybridized carbons (Fsp3) is 0.462. The highest BCUT2D eigenvalue weighted by Gasteiger charge is 2.33. The number of esters is 1. The Labute approximate surface area is 184 Å². The molecule has 1 saturated carbocycles. The number of aromatic nitrogens is 2. The van der Waals surface area contributed by atoms with Crippen LogP contribution in [0.1, 0.15) is 40.0 Å². The number of methoxy groups -OCH3 is 1. The van der Waals surface area contributed by atoms with Crippen LogP contribution in [-0.4, -0.2) is 28.7 Å². The van der Waals surface area contributed by atoms with Gasteiger partial charge in [-0.3, -0.25) is 4.79 Å². The summed E-state index contributed by atoms with van der Waals surface area (Å²) in [5.41, 5.74) is 2.74. The Kier molecular flexibility index (Phi) is 6.30. The molecule has 4 rings (SSSR count). The SMILES string of the molecule is COc1ccc(-c2nc3ccccc3n2CC(=O)O[C@@H]2C[C@H](C)CC[C@H]2C(C)C)cc1. The summed E-state index contributed by atoms with van der Waals surface area (Å²) in [5, 5.41) is 0. The molecule has 0 aliphatic heterocycles. The molecule has 0 bridgehead atoms. The zero-order chi connectivity index (χ0) is 22.0. The molecule has 0 radical (unpaired) electrons. The summed E-state index contributed by atoms with van der Waals surface area (Å²) in [7, 11) is 1.65. The molecule has 1 heterocycles. The van der Waals surface area contributed by atoms with Crippen LogP contribution in [-0.2, 0) is 16.1 Å². The second kappa shape index (κ2) is 9.13. The fourth-order valence-corrected chi connectivity index (χ4v) is 4.78. The largest absolute Gasteiger partial charge is 0.497 e. The van der Waals surface area contributed by atoms with Gasteiger partial charge in [0.2, 0.25) is 0 Å². The van der Waals surface area contributed by atoms with Crippen LogP contribution in [0, 0.1) is 17.8 Å². The average Bonchev–Trinajstić information content (AvgIpc) is 3.12. The minimum atomic E-state index is -0.192. The van der Waals surface area contributed by atoms with E-state index in [2.05, 4.69) is 20.8 Å². The first kappa shape index (κ1) is 21.4. The first-order chi connectivity index (χ1) is 15.0. The topological polar surface area (TPSA) is 53.4 Å². The lowest BCUT2D eigenvalue weighted by Gasteiger charge is -2.36. The molecule has 1 aromatic heterocycles. The van der Waals surface area contributed by atoms with Crippen molar-refractivity contribution >= 4 is 17.0 Å². The maximum atomic E-state index is 13.1. The summed E-state index contributed by atoms with van der Waals surface area (Å²) in [6, 6.07) is 15.7. The van der Waals surface area contributed by atoms with Gasteiger partial charge in [0.15, 0.2) is 0 Å². The van der Waals surface area contributed by atoms with E-state index in [1.807, 2.05) is 53.1 Å². The highest BCUT2D eigenvalue weighted by molar-refractivity contribution is 5.83. The lowest BCUT2D eigenvalue weighted by atomic mass is 9.75. The maximum Gasteiger partial charge on any atom is 0.326 e. The van der Waals surface area contributed by atoms with Gasteiger partial charge >= 0.3 is 5.97 Å². The van der Waals surface area contributed by atoms with Crippen LogP contribution in [0.2, 0.25) is 0 Å². The summed E-state index contributed by atoms with van der Waals surface area (Å²) in [6.07, 6.45) is 3.28. The van der Waals surface area contributed by atoms with Crippen molar-refractivity contribution < 1.29 is 14.3 Å². The van der Waals surface area contributed by atoms with Gasteiger partial charge in [-0.2, -0.15) is 0 Å². The lowest BCUT2D eigenvalue weighted by Crippen LogP contribution is -2.36. The number of benzene rings is 2. The molecule has 164 valence electrons. The Morgan fingerprint density at radius 2 is 1.87 bits per heavy atom. The molecule has 3 aromatic rings. The zero-order valence-electron chi connectivity index (χ0n) is 18.9. The Hall–Kier alpha value is -2.82. The molecule has 0 unspecified atom stereocenters. The van der Waals surface area contributed by atoms with Crippen molar-refractivity contribution in [3.63, 3.8) is 0 Å². The molecule has 2 aromatic carbocycles. The molecular formula is C26H32N2O3. The van der Waals surface area contributed by atoms with E-state index < -0.39 is 0 Å². The molecule has 0 saturated heterocycles. The van der Waals surface area contributed by atoms with Gasteiger partial charge in [-0.25, -0.2) is 4.98 Å². The highest BCUT2D eigenvalue weighted by Crippen LogP contribution is 2.35. The molecule has 1 fully saturated rings. The Balaban J connectivity index is 1.61. The Morgan fingerprint density at radius 1 is 1.13 bits per heavy atom. The zero-order valence-corrected chi connectivity index (χ0v) is 18.9. The van der Waals surface area contributed by atoms with Gasteiger partial charge in [0.1, 0.15) is 24.2 Å². The van der Waals surface area contributed by atoms with E-state index in [0.717, 1.165) is 41.0 Å². The minimum absolute atomic E-state index is 0.00419. The van der Waals surface area contributed by atoms with Gasteiger partial charge in [0.25, 0.3) is 0 Å². The molecule has 3 atom stereocenters. The van der Waals surface area contributed by atoms with Gasteiger partial charge in [-0.05, 0) is 67.0 Å². The van der Waals surface area contributed by atoms with Crippen molar-refractivity contribution in [2.45, 2.75) is 52.7 Å². The molecule has 1 aliphatic rings. The van der Waals surface area contributed by atoms with Crippen molar-refractivity contribution in [1.29, 1.82) is 0 Å². The second-order valence-corrected chi connectivity index (χ2v) is 9.09. The summed E-state index contributed by atoms with van der Waals surface area (Å²) in [4.78, 5) is 17.9. The maximum absolute atomic E-state index is 13.1. The number of hydrogen-bond acceptors (Lipinski definition) is 4. The van der Waals surface area contributed by atoms with Crippen LogP contribution >= 0.6 is 0 Å². The summed E-state index contributed by atoms with van der Waals surface area (Å²) in [6.45, 7) is 6.86. The van der Waals surface area contributed by atoms with E-state index in [1.54, 1.807) is 7.11 Å². The van der Waals surface area contributed by atoms with Gasteiger partial charge < -0.3 is 14.0 Å². The summed E-state index contributed by atoms with van der Waals surface area (Å²) >= 11 is 0. The predicted molar refractivity (Wildman–Crippen MR) is 123 cm³/mol. The fourth-order valence-electron chi connectivity index (χ4n) is 4.78. The number of imidazole rings is 1. The predicted octanol–water partition coefficient (Wildman–Crippen LogP) is 5.72.